The zero-order chi connectivity index (χ0) is 15.6. The minimum absolute atomic E-state index is 0.00124. The van der Waals surface area contributed by atoms with Crippen molar-refractivity contribution in [3.63, 3.8) is 0 Å². The van der Waals surface area contributed by atoms with Gasteiger partial charge in [-0.05, 0) is 51.8 Å². The highest BCUT2D eigenvalue weighted by Crippen LogP contribution is 2.23. The second-order valence-corrected chi connectivity index (χ2v) is 6.90. The molecule has 0 aliphatic carbocycles. The molecule has 1 N–H and O–H groups in total. The molecule has 0 saturated heterocycles. The molecule has 2 rings (SSSR count). The highest BCUT2D eigenvalue weighted by Gasteiger charge is 2.13. The van der Waals surface area contributed by atoms with Gasteiger partial charge in [0.25, 0.3) is 0 Å². The predicted octanol–water partition coefficient (Wildman–Crippen LogP) is 4.25. The van der Waals surface area contributed by atoms with Crippen LogP contribution in [0.25, 0.3) is 0 Å². The van der Waals surface area contributed by atoms with E-state index in [0.717, 1.165) is 0 Å². The smallest absolute Gasteiger partial charge is 0.336 e. The maximum atomic E-state index is 13.3. The van der Waals surface area contributed by atoms with Crippen LogP contribution in [0.1, 0.15) is 15.9 Å². The fourth-order valence-corrected chi connectivity index (χ4v) is 3.33. The predicted molar refractivity (Wildman–Crippen MR) is 82.6 cm³/mol. The summed E-state index contributed by atoms with van der Waals surface area (Å²) in [6.45, 7) is 0. The molecule has 21 heavy (non-hydrogen) atoms. The summed E-state index contributed by atoms with van der Waals surface area (Å²) < 4.78 is 26.0. The van der Waals surface area contributed by atoms with Crippen LogP contribution in [0.4, 0.5) is 4.39 Å². The Balaban J connectivity index is 2.26. The lowest BCUT2D eigenvalue weighted by Gasteiger charge is -2.06. The van der Waals surface area contributed by atoms with Crippen LogP contribution < -0.4 is 0 Å². The number of benzene rings is 2. The number of rotatable bonds is 4. The van der Waals surface area contributed by atoms with Crippen molar-refractivity contribution in [3.05, 3.63) is 62.8 Å². The monoisotopic (exact) mass is 390 g/mol. The van der Waals surface area contributed by atoms with Crippen molar-refractivity contribution in [2.45, 2.75) is 10.6 Å². The van der Waals surface area contributed by atoms with Gasteiger partial charge in [0.15, 0.2) is 0 Å². The fourth-order valence-electron chi connectivity index (χ4n) is 1.67. The maximum Gasteiger partial charge on any atom is 0.336 e. The summed E-state index contributed by atoms with van der Waals surface area (Å²) in [6.07, 6.45) is 0. The summed E-state index contributed by atoms with van der Waals surface area (Å²) >= 11 is 8.71. The number of hydrogen-bond donors (Lipinski definition) is 1. The van der Waals surface area contributed by atoms with Gasteiger partial charge in [0.2, 0.25) is 0 Å². The third-order valence-electron chi connectivity index (χ3n) is 2.71. The van der Waals surface area contributed by atoms with Crippen molar-refractivity contribution < 1.29 is 18.5 Å². The van der Waals surface area contributed by atoms with Gasteiger partial charge in [-0.2, -0.15) is 0 Å². The van der Waals surface area contributed by atoms with Crippen LogP contribution in [-0.4, -0.2) is 15.3 Å². The summed E-state index contributed by atoms with van der Waals surface area (Å²) in [7, 11) is -1.48. The zero-order valence-electron chi connectivity index (χ0n) is 10.5. The molecule has 0 radical (unpaired) electrons. The molecule has 0 bridgehead atoms. The van der Waals surface area contributed by atoms with Crippen LogP contribution >= 0.6 is 27.5 Å². The van der Waals surface area contributed by atoms with E-state index in [1.54, 1.807) is 12.1 Å². The molecule has 0 aliphatic heterocycles. The number of halogens is 3. The largest absolute Gasteiger partial charge is 0.478 e. The van der Waals surface area contributed by atoms with E-state index in [2.05, 4.69) is 15.9 Å². The molecule has 1 atom stereocenters. The van der Waals surface area contributed by atoms with Crippen LogP contribution in [-0.2, 0) is 16.6 Å². The minimum Gasteiger partial charge on any atom is -0.478 e. The van der Waals surface area contributed by atoms with Crippen LogP contribution in [0.5, 0.6) is 0 Å². The van der Waals surface area contributed by atoms with Gasteiger partial charge in [-0.15, -0.1) is 0 Å². The highest BCUT2D eigenvalue weighted by atomic mass is 79.9. The lowest BCUT2D eigenvalue weighted by molar-refractivity contribution is 0.0695. The summed E-state index contributed by atoms with van der Waals surface area (Å²) in [5.74, 6) is -1.61. The van der Waals surface area contributed by atoms with Crippen LogP contribution in [0.2, 0.25) is 5.02 Å². The average molecular weight is 392 g/mol. The molecule has 0 heterocycles. The number of aromatic carboxylic acids is 1. The molecule has 0 aliphatic rings. The van der Waals surface area contributed by atoms with Gasteiger partial charge in [-0.3, -0.25) is 4.21 Å². The Morgan fingerprint density at radius 1 is 1.29 bits per heavy atom. The summed E-state index contributed by atoms with van der Waals surface area (Å²) in [4.78, 5) is 11.4. The SMILES string of the molecule is O=C(O)c1cc(S(=O)Cc2ccc(Cl)c(F)c2)ccc1Br. The molecule has 7 heteroatoms. The van der Waals surface area contributed by atoms with Gasteiger partial charge in [0.1, 0.15) is 5.82 Å². The van der Waals surface area contributed by atoms with Crippen molar-refractivity contribution in [1.29, 1.82) is 0 Å². The molecule has 0 fully saturated rings. The summed E-state index contributed by atoms with van der Waals surface area (Å²) in [5, 5.41) is 9.04. The molecule has 3 nitrogen and oxygen atoms in total. The van der Waals surface area contributed by atoms with Crippen LogP contribution in [0.3, 0.4) is 0 Å². The molecule has 110 valence electrons. The Hall–Kier alpha value is -1.24. The molecule has 0 amide bonds. The summed E-state index contributed by atoms with van der Waals surface area (Å²) in [5.41, 5.74) is 0.554. The van der Waals surface area contributed by atoms with E-state index < -0.39 is 22.6 Å². The first-order chi connectivity index (χ1) is 9.88. The second-order valence-electron chi connectivity index (χ2n) is 4.19. The quantitative estimate of drug-likeness (QED) is 0.848. The number of hydrogen-bond acceptors (Lipinski definition) is 2. The lowest BCUT2D eigenvalue weighted by atomic mass is 10.2. The van der Waals surface area contributed by atoms with Gasteiger partial charge in [0.05, 0.1) is 27.1 Å². The Morgan fingerprint density at radius 3 is 2.62 bits per heavy atom. The van der Waals surface area contributed by atoms with E-state index in [9.17, 15) is 13.4 Å². The van der Waals surface area contributed by atoms with Crippen molar-refractivity contribution in [2.24, 2.45) is 0 Å². The molecule has 2 aromatic rings. The standard InChI is InChI=1S/C14H9BrClFO3S/c15-11-3-2-9(6-10(11)14(18)19)21(20)7-8-1-4-12(16)13(17)5-8/h1-6H,7H2,(H,18,19). The first-order valence-corrected chi connectivity index (χ1v) is 8.22. The van der Waals surface area contributed by atoms with Gasteiger partial charge in [-0.1, -0.05) is 17.7 Å². The third kappa shape index (κ3) is 3.90. The topological polar surface area (TPSA) is 54.4 Å². The number of carbonyl (C=O) groups is 1. The Labute approximate surface area is 136 Å². The lowest BCUT2D eigenvalue weighted by Crippen LogP contribution is -2.02. The Bertz CT molecular complexity index is 736. The van der Waals surface area contributed by atoms with Crippen molar-refractivity contribution in [1.82, 2.24) is 0 Å². The first kappa shape index (κ1) is 16.1. The van der Waals surface area contributed by atoms with Gasteiger partial charge in [-0.25, -0.2) is 9.18 Å². The molecule has 0 aromatic heterocycles. The Morgan fingerprint density at radius 2 is 2.00 bits per heavy atom. The second kappa shape index (κ2) is 6.68. The van der Waals surface area contributed by atoms with E-state index in [1.165, 1.54) is 24.3 Å². The molecular weight excluding hydrogens is 383 g/mol. The molecular formula is C14H9BrClFO3S. The van der Waals surface area contributed by atoms with E-state index in [-0.39, 0.29) is 16.3 Å². The van der Waals surface area contributed by atoms with Crippen LogP contribution in [0, 0.1) is 5.82 Å². The average Bonchev–Trinajstić information content (AvgIpc) is 2.43. The third-order valence-corrected chi connectivity index (χ3v) is 5.09. The molecule has 2 aromatic carbocycles. The maximum absolute atomic E-state index is 13.3. The van der Waals surface area contributed by atoms with E-state index >= 15 is 0 Å². The number of carboxylic acids is 1. The van der Waals surface area contributed by atoms with E-state index in [0.29, 0.717) is 14.9 Å². The van der Waals surface area contributed by atoms with Crippen molar-refractivity contribution in [3.8, 4) is 0 Å². The highest BCUT2D eigenvalue weighted by molar-refractivity contribution is 9.10. The zero-order valence-corrected chi connectivity index (χ0v) is 13.6. The van der Waals surface area contributed by atoms with Gasteiger partial charge >= 0.3 is 5.97 Å². The molecule has 0 spiro atoms. The van der Waals surface area contributed by atoms with E-state index in [4.69, 9.17) is 16.7 Å². The molecule has 1 unspecified atom stereocenters. The summed E-state index contributed by atoms with van der Waals surface area (Å²) in [6, 6.07) is 8.64. The van der Waals surface area contributed by atoms with Gasteiger partial charge < -0.3 is 5.11 Å². The van der Waals surface area contributed by atoms with Crippen molar-refractivity contribution >= 4 is 44.3 Å². The number of carboxylic acid groups (broad SMARTS) is 1. The minimum atomic E-state index is -1.48. The van der Waals surface area contributed by atoms with Crippen molar-refractivity contribution in [2.75, 3.05) is 0 Å². The fraction of sp³-hybridized carbons (Fsp3) is 0.0714. The van der Waals surface area contributed by atoms with E-state index in [1.807, 2.05) is 0 Å². The first-order valence-electron chi connectivity index (χ1n) is 5.73. The molecule has 0 saturated carbocycles. The normalized spacial score (nSPS) is 12.1. The van der Waals surface area contributed by atoms with Gasteiger partial charge in [0, 0.05) is 9.37 Å². The Kier molecular flexibility index (Phi) is 5.13. The van der Waals surface area contributed by atoms with Crippen LogP contribution in [0.15, 0.2) is 45.8 Å².